The molecule has 1 aliphatic carbocycles. The number of rotatable bonds is 6. The van der Waals surface area contributed by atoms with Crippen LogP contribution in [0.5, 0.6) is 11.5 Å². The Kier molecular flexibility index (Phi) is 5.96. The van der Waals surface area contributed by atoms with E-state index < -0.39 is 0 Å². The molecule has 2 aromatic rings. The predicted molar refractivity (Wildman–Crippen MR) is 111 cm³/mol. The number of ketones is 1. The number of esters is 1. The fraction of sp³-hybridized carbons (Fsp3) is 0.417. The summed E-state index contributed by atoms with van der Waals surface area (Å²) < 4.78 is 11.2. The van der Waals surface area contributed by atoms with Crippen LogP contribution in [-0.4, -0.2) is 30.1 Å². The van der Waals surface area contributed by atoms with E-state index in [1.54, 1.807) is 13.0 Å². The number of phenols is 1. The normalized spacial score (nSPS) is 13.3. The average Bonchev–Trinajstić information content (AvgIpc) is 3.02. The molecule has 0 spiro atoms. The Bertz CT molecular complexity index is 937. The van der Waals surface area contributed by atoms with E-state index in [2.05, 4.69) is 0 Å². The molecule has 1 aliphatic rings. The molecule has 0 aromatic heterocycles. The van der Waals surface area contributed by atoms with Gasteiger partial charge in [0.25, 0.3) is 0 Å². The molecule has 0 unspecified atom stereocenters. The molecule has 29 heavy (non-hydrogen) atoms. The highest BCUT2D eigenvalue weighted by atomic mass is 16.6. The number of hydrogen-bond acceptors (Lipinski definition) is 5. The van der Waals surface area contributed by atoms with Crippen molar-refractivity contribution >= 4 is 11.8 Å². The lowest BCUT2D eigenvalue weighted by Gasteiger charge is -2.18. The maximum atomic E-state index is 12.1. The van der Waals surface area contributed by atoms with E-state index in [-0.39, 0.29) is 36.1 Å². The molecular weight excluding hydrogens is 368 g/mol. The van der Waals surface area contributed by atoms with Crippen molar-refractivity contribution in [1.29, 1.82) is 0 Å². The third-order valence-corrected chi connectivity index (χ3v) is 5.01. The van der Waals surface area contributed by atoms with Crippen molar-refractivity contribution in [2.75, 3.05) is 13.2 Å². The molecule has 0 aliphatic heterocycles. The van der Waals surface area contributed by atoms with Crippen molar-refractivity contribution in [3.8, 4) is 22.6 Å². The standard InChI is InChI=1S/C24H28O5/c1-15-20(25)10-9-19(16-6-5-7-18-17(16)8-11-21(18)26)23(15)29-13-12-28-22(27)14-24(2,3)4/h5-7,9-10,25H,8,11-14H2,1-4H3. The van der Waals surface area contributed by atoms with Gasteiger partial charge in [-0.05, 0) is 42.0 Å². The van der Waals surface area contributed by atoms with E-state index in [1.807, 2.05) is 45.0 Å². The molecule has 0 bridgehead atoms. The number of phenolic OH excluding ortho intramolecular Hbond substituents is 1. The first kappa shape index (κ1) is 20.9. The van der Waals surface area contributed by atoms with Crippen LogP contribution >= 0.6 is 0 Å². The molecule has 0 fully saturated rings. The fourth-order valence-corrected chi connectivity index (χ4v) is 3.61. The Hall–Kier alpha value is -2.82. The molecular formula is C24H28O5. The number of Topliss-reactive ketones (excluding diaryl/α,β-unsaturated/α-hetero) is 1. The molecule has 5 nitrogen and oxygen atoms in total. The lowest BCUT2D eigenvalue weighted by molar-refractivity contribution is -0.146. The minimum Gasteiger partial charge on any atom is -0.508 e. The summed E-state index contributed by atoms with van der Waals surface area (Å²) >= 11 is 0. The number of hydrogen-bond donors (Lipinski definition) is 1. The van der Waals surface area contributed by atoms with Crippen molar-refractivity contribution in [3.63, 3.8) is 0 Å². The first-order chi connectivity index (χ1) is 13.7. The summed E-state index contributed by atoms with van der Waals surface area (Å²) in [6.07, 6.45) is 1.56. The molecule has 5 heteroatoms. The predicted octanol–water partition coefficient (Wildman–Crippen LogP) is 4.85. The summed E-state index contributed by atoms with van der Waals surface area (Å²) in [7, 11) is 0. The number of ether oxygens (including phenoxy) is 2. The molecule has 0 amide bonds. The van der Waals surface area contributed by atoms with Crippen LogP contribution in [0.15, 0.2) is 30.3 Å². The van der Waals surface area contributed by atoms with Crippen molar-refractivity contribution in [2.45, 2.75) is 47.0 Å². The second kappa shape index (κ2) is 8.27. The van der Waals surface area contributed by atoms with Gasteiger partial charge in [-0.25, -0.2) is 0 Å². The summed E-state index contributed by atoms with van der Waals surface area (Å²) in [5, 5.41) is 10.2. The first-order valence-electron chi connectivity index (χ1n) is 9.94. The molecule has 0 heterocycles. The van der Waals surface area contributed by atoms with Gasteiger partial charge in [0.05, 0.1) is 6.42 Å². The minimum absolute atomic E-state index is 0.127. The zero-order valence-electron chi connectivity index (χ0n) is 17.5. The molecule has 0 saturated heterocycles. The fourth-order valence-electron chi connectivity index (χ4n) is 3.61. The van der Waals surface area contributed by atoms with E-state index in [4.69, 9.17) is 9.47 Å². The topological polar surface area (TPSA) is 72.8 Å². The van der Waals surface area contributed by atoms with Crippen LogP contribution in [0.1, 0.15) is 55.1 Å². The first-order valence-corrected chi connectivity index (χ1v) is 9.94. The Morgan fingerprint density at radius 3 is 2.48 bits per heavy atom. The second-order valence-electron chi connectivity index (χ2n) is 8.65. The summed E-state index contributed by atoms with van der Waals surface area (Å²) in [4.78, 5) is 24.0. The third-order valence-electron chi connectivity index (χ3n) is 5.01. The summed E-state index contributed by atoms with van der Waals surface area (Å²) in [6, 6.07) is 9.15. The van der Waals surface area contributed by atoms with Gasteiger partial charge in [0, 0.05) is 23.1 Å². The molecule has 154 valence electrons. The summed E-state index contributed by atoms with van der Waals surface area (Å²) in [5.74, 6) is 0.584. The molecule has 0 saturated carbocycles. The van der Waals surface area contributed by atoms with Crippen LogP contribution < -0.4 is 4.74 Å². The van der Waals surface area contributed by atoms with Gasteiger partial charge in [-0.15, -0.1) is 0 Å². The maximum absolute atomic E-state index is 12.1. The minimum atomic E-state index is -0.256. The van der Waals surface area contributed by atoms with Gasteiger partial charge in [0.1, 0.15) is 24.7 Å². The lowest BCUT2D eigenvalue weighted by atomic mass is 9.93. The van der Waals surface area contributed by atoms with E-state index in [0.29, 0.717) is 30.6 Å². The van der Waals surface area contributed by atoms with Crippen LogP contribution in [0.2, 0.25) is 0 Å². The Labute approximate surface area is 171 Å². The van der Waals surface area contributed by atoms with Crippen molar-refractivity contribution in [3.05, 3.63) is 47.0 Å². The van der Waals surface area contributed by atoms with E-state index >= 15 is 0 Å². The van der Waals surface area contributed by atoms with E-state index in [9.17, 15) is 14.7 Å². The Morgan fingerprint density at radius 1 is 1.03 bits per heavy atom. The smallest absolute Gasteiger partial charge is 0.306 e. The second-order valence-corrected chi connectivity index (χ2v) is 8.65. The molecule has 0 atom stereocenters. The van der Waals surface area contributed by atoms with Crippen LogP contribution in [-0.2, 0) is 16.0 Å². The van der Waals surface area contributed by atoms with Crippen molar-refractivity contribution in [1.82, 2.24) is 0 Å². The summed E-state index contributed by atoms with van der Waals surface area (Å²) in [6.45, 7) is 8.05. The number of carbonyl (C=O) groups excluding carboxylic acids is 2. The summed E-state index contributed by atoms with van der Waals surface area (Å²) in [5.41, 5.74) is 4.03. The highest BCUT2D eigenvalue weighted by Gasteiger charge is 2.24. The molecule has 2 aromatic carbocycles. The van der Waals surface area contributed by atoms with Gasteiger partial charge < -0.3 is 14.6 Å². The van der Waals surface area contributed by atoms with Crippen LogP contribution in [0.4, 0.5) is 0 Å². The van der Waals surface area contributed by atoms with E-state index in [1.165, 1.54) is 0 Å². The van der Waals surface area contributed by atoms with Gasteiger partial charge in [-0.1, -0.05) is 39.0 Å². The largest absolute Gasteiger partial charge is 0.508 e. The molecule has 3 rings (SSSR count). The monoisotopic (exact) mass is 396 g/mol. The molecule has 0 radical (unpaired) electrons. The number of aromatic hydroxyl groups is 1. The number of carbonyl (C=O) groups is 2. The van der Waals surface area contributed by atoms with E-state index in [0.717, 1.165) is 22.3 Å². The van der Waals surface area contributed by atoms with Crippen LogP contribution in [0, 0.1) is 12.3 Å². The quantitative estimate of drug-likeness (QED) is 0.558. The number of benzene rings is 2. The van der Waals surface area contributed by atoms with Gasteiger partial charge in [0.2, 0.25) is 0 Å². The van der Waals surface area contributed by atoms with Gasteiger partial charge in [0.15, 0.2) is 5.78 Å². The van der Waals surface area contributed by atoms with Crippen LogP contribution in [0.25, 0.3) is 11.1 Å². The maximum Gasteiger partial charge on any atom is 0.306 e. The highest BCUT2D eigenvalue weighted by Crippen LogP contribution is 2.41. The Balaban J connectivity index is 1.79. The lowest BCUT2D eigenvalue weighted by Crippen LogP contribution is -2.18. The third kappa shape index (κ3) is 4.78. The van der Waals surface area contributed by atoms with Gasteiger partial charge >= 0.3 is 5.97 Å². The van der Waals surface area contributed by atoms with Gasteiger partial charge in [-0.3, -0.25) is 9.59 Å². The average molecular weight is 396 g/mol. The number of fused-ring (bicyclic) bond motifs is 1. The zero-order valence-corrected chi connectivity index (χ0v) is 17.5. The van der Waals surface area contributed by atoms with Gasteiger partial charge in [-0.2, -0.15) is 0 Å². The SMILES string of the molecule is Cc1c(O)ccc(-c2cccc3c2CCC3=O)c1OCCOC(=O)CC(C)(C)C. The van der Waals surface area contributed by atoms with Crippen molar-refractivity contribution in [2.24, 2.45) is 5.41 Å². The Morgan fingerprint density at radius 2 is 1.76 bits per heavy atom. The van der Waals surface area contributed by atoms with Crippen molar-refractivity contribution < 1.29 is 24.2 Å². The zero-order chi connectivity index (χ0) is 21.2. The molecule has 1 N–H and O–H groups in total. The van der Waals surface area contributed by atoms with Crippen LogP contribution in [0.3, 0.4) is 0 Å². The highest BCUT2D eigenvalue weighted by molar-refractivity contribution is 6.02.